The molecule has 0 amide bonds. The zero-order valence-electron chi connectivity index (χ0n) is 11.7. The van der Waals surface area contributed by atoms with E-state index in [1.807, 2.05) is 31.3 Å². The highest BCUT2D eigenvalue weighted by Crippen LogP contribution is 2.26. The third-order valence-corrected chi connectivity index (χ3v) is 3.26. The van der Waals surface area contributed by atoms with Crippen LogP contribution < -0.4 is 10.6 Å². The molecule has 1 heterocycles. The molecule has 0 bridgehead atoms. The van der Waals surface area contributed by atoms with Crippen LogP contribution in [-0.2, 0) is 4.74 Å². The number of thiocarbonyl (C=S) groups is 1. The number of pyridine rings is 1. The van der Waals surface area contributed by atoms with E-state index in [-0.39, 0.29) is 0 Å². The van der Waals surface area contributed by atoms with Crippen LogP contribution in [0.2, 0.25) is 0 Å². The van der Waals surface area contributed by atoms with E-state index in [4.69, 9.17) is 22.7 Å². The van der Waals surface area contributed by atoms with Crippen molar-refractivity contribution in [1.82, 2.24) is 4.98 Å². The van der Waals surface area contributed by atoms with Crippen LogP contribution >= 0.6 is 12.2 Å². The number of ether oxygens (including phenoxy) is 1. The Bertz CT molecular complexity index is 688. The van der Waals surface area contributed by atoms with E-state index in [1.54, 1.807) is 23.2 Å². The number of anilines is 2. The first-order chi connectivity index (χ1) is 10.0. The van der Waals surface area contributed by atoms with Gasteiger partial charge in [-0.15, -0.1) is 0 Å². The summed E-state index contributed by atoms with van der Waals surface area (Å²) in [6.45, 7) is 0. The number of methoxy groups -OCH3 is 1. The van der Waals surface area contributed by atoms with Gasteiger partial charge in [0, 0.05) is 24.5 Å². The zero-order chi connectivity index (χ0) is 15.4. The molecule has 0 atom stereocenters. The summed E-state index contributed by atoms with van der Waals surface area (Å²) in [5.74, 6) is 0.0693. The second-order valence-corrected chi connectivity index (χ2v) is 4.78. The van der Waals surface area contributed by atoms with E-state index in [1.165, 1.54) is 7.11 Å². The van der Waals surface area contributed by atoms with Crippen molar-refractivity contribution in [1.29, 1.82) is 0 Å². The summed E-state index contributed by atoms with van der Waals surface area (Å²) >= 11 is 4.98. The second-order valence-electron chi connectivity index (χ2n) is 4.34. The molecule has 0 unspecified atom stereocenters. The number of hydrogen-bond acceptors (Lipinski definition) is 5. The fourth-order valence-corrected chi connectivity index (χ4v) is 2.05. The van der Waals surface area contributed by atoms with Gasteiger partial charge in [0.1, 0.15) is 16.4 Å². The van der Waals surface area contributed by atoms with Crippen LogP contribution in [0.3, 0.4) is 0 Å². The Morgan fingerprint density at radius 1 is 1.33 bits per heavy atom. The van der Waals surface area contributed by atoms with Crippen molar-refractivity contribution in [3.05, 3.63) is 53.7 Å². The molecule has 1 aromatic carbocycles. The van der Waals surface area contributed by atoms with Gasteiger partial charge in [0.05, 0.1) is 7.11 Å². The molecule has 0 aliphatic rings. The Hall–Kier alpha value is -2.47. The molecule has 0 spiro atoms. The molecule has 108 valence electrons. The van der Waals surface area contributed by atoms with Gasteiger partial charge in [-0.2, -0.15) is 0 Å². The lowest BCUT2D eigenvalue weighted by atomic mass is 10.1. The smallest absolute Gasteiger partial charge is 0.341 e. The topological polar surface area (TPSA) is 68.5 Å². The normalized spacial score (nSPS) is 10.0. The summed E-state index contributed by atoms with van der Waals surface area (Å²) in [5.41, 5.74) is 7.61. The number of esters is 1. The Morgan fingerprint density at radius 3 is 2.76 bits per heavy atom. The predicted molar refractivity (Wildman–Crippen MR) is 86.0 cm³/mol. The average Bonchev–Trinajstić information content (AvgIpc) is 2.53. The summed E-state index contributed by atoms with van der Waals surface area (Å²) in [7, 11) is 3.15. The van der Waals surface area contributed by atoms with Gasteiger partial charge in [0.25, 0.3) is 0 Å². The van der Waals surface area contributed by atoms with Gasteiger partial charge >= 0.3 is 5.97 Å². The standard InChI is InChI=1S/C15H15N3O2S/c1-18(11-6-3-5-10(9-11)13(16)21)14-12(15(19)20-2)7-4-8-17-14/h3-9H,1-2H3,(H2,16,21). The first-order valence-electron chi connectivity index (χ1n) is 6.21. The van der Waals surface area contributed by atoms with Crippen LogP contribution in [0.4, 0.5) is 11.5 Å². The summed E-state index contributed by atoms with van der Waals surface area (Å²) < 4.78 is 4.78. The summed E-state index contributed by atoms with van der Waals surface area (Å²) in [6.07, 6.45) is 1.62. The first kappa shape index (κ1) is 14.9. The largest absolute Gasteiger partial charge is 0.465 e. The maximum Gasteiger partial charge on any atom is 0.341 e. The van der Waals surface area contributed by atoms with E-state index in [9.17, 15) is 4.79 Å². The fraction of sp³-hybridized carbons (Fsp3) is 0.133. The average molecular weight is 301 g/mol. The molecule has 0 radical (unpaired) electrons. The molecule has 0 fully saturated rings. The SMILES string of the molecule is COC(=O)c1cccnc1N(C)c1cccc(C(N)=S)c1. The number of rotatable bonds is 4. The number of carbonyl (C=O) groups excluding carboxylic acids is 1. The van der Waals surface area contributed by atoms with Gasteiger partial charge in [0.15, 0.2) is 0 Å². The van der Waals surface area contributed by atoms with Crippen LogP contribution in [-0.4, -0.2) is 30.1 Å². The van der Waals surface area contributed by atoms with Crippen LogP contribution in [0, 0.1) is 0 Å². The highest BCUT2D eigenvalue weighted by molar-refractivity contribution is 7.80. The molecular weight excluding hydrogens is 286 g/mol. The summed E-state index contributed by atoms with van der Waals surface area (Å²) in [5, 5.41) is 0. The monoisotopic (exact) mass is 301 g/mol. The molecule has 6 heteroatoms. The van der Waals surface area contributed by atoms with Crippen molar-refractivity contribution >= 4 is 34.7 Å². The zero-order valence-corrected chi connectivity index (χ0v) is 12.6. The quantitative estimate of drug-likeness (QED) is 0.690. The van der Waals surface area contributed by atoms with Gasteiger partial charge in [-0.1, -0.05) is 24.4 Å². The third kappa shape index (κ3) is 3.17. The number of benzene rings is 1. The maximum atomic E-state index is 11.8. The Morgan fingerprint density at radius 2 is 2.10 bits per heavy atom. The molecular formula is C15H15N3O2S. The maximum absolute atomic E-state index is 11.8. The fourth-order valence-electron chi connectivity index (χ4n) is 1.92. The molecule has 21 heavy (non-hydrogen) atoms. The minimum Gasteiger partial charge on any atom is -0.465 e. The molecule has 1 aromatic heterocycles. The number of carbonyl (C=O) groups is 1. The van der Waals surface area contributed by atoms with Crippen molar-refractivity contribution in [2.75, 3.05) is 19.1 Å². The number of aromatic nitrogens is 1. The Labute approximate surface area is 128 Å². The van der Waals surface area contributed by atoms with Crippen LogP contribution in [0.25, 0.3) is 0 Å². The number of hydrogen-bond donors (Lipinski definition) is 1. The molecule has 2 rings (SSSR count). The van der Waals surface area contributed by atoms with Crippen molar-refractivity contribution in [3.63, 3.8) is 0 Å². The van der Waals surface area contributed by atoms with Crippen molar-refractivity contribution in [3.8, 4) is 0 Å². The molecule has 0 saturated carbocycles. The minimum atomic E-state index is -0.435. The van der Waals surface area contributed by atoms with E-state index < -0.39 is 5.97 Å². The van der Waals surface area contributed by atoms with Crippen molar-refractivity contribution in [2.45, 2.75) is 0 Å². The predicted octanol–water partition coefficient (Wildman–Crippen LogP) is 2.27. The van der Waals surface area contributed by atoms with E-state index >= 15 is 0 Å². The van der Waals surface area contributed by atoms with Crippen molar-refractivity contribution in [2.24, 2.45) is 5.73 Å². The minimum absolute atomic E-state index is 0.319. The number of nitrogens with two attached hydrogens (primary N) is 1. The lowest BCUT2D eigenvalue weighted by Gasteiger charge is -2.21. The second kappa shape index (κ2) is 6.32. The lowest BCUT2D eigenvalue weighted by molar-refractivity contribution is 0.0601. The molecule has 0 aliphatic carbocycles. The van der Waals surface area contributed by atoms with E-state index in [2.05, 4.69) is 4.98 Å². The molecule has 0 saturated heterocycles. The molecule has 5 nitrogen and oxygen atoms in total. The first-order valence-corrected chi connectivity index (χ1v) is 6.62. The van der Waals surface area contributed by atoms with Gasteiger partial charge in [0.2, 0.25) is 0 Å². The summed E-state index contributed by atoms with van der Waals surface area (Å²) in [4.78, 5) is 18.2. The van der Waals surface area contributed by atoms with Gasteiger partial charge in [-0.25, -0.2) is 9.78 Å². The van der Waals surface area contributed by atoms with E-state index in [0.29, 0.717) is 16.4 Å². The lowest BCUT2D eigenvalue weighted by Crippen LogP contribution is -2.17. The van der Waals surface area contributed by atoms with Gasteiger partial charge in [-0.05, 0) is 24.3 Å². The molecule has 2 aromatic rings. The van der Waals surface area contributed by atoms with Crippen molar-refractivity contribution < 1.29 is 9.53 Å². The molecule has 0 aliphatic heterocycles. The highest BCUT2D eigenvalue weighted by atomic mass is 32.1. The Kier molecular flexibility index (Phi) is 4.49. The van der Waals surface area contributed by atoms with Gasteiger partial charge < -0.3 is 15.4 Å². The highest BCUT2D eigenvalue weighted by Gasteiger charge is 2.17. The van der Waals surface area contributed by atoms with Gasteiger partial charge in [-0.3, -0.25) is 0 Å². The molecule has 2 N–H and O–H groups in total. The third-order valence-electron chi connectivity index (χ3n) is 3.03. The van der Waals surface area contributed by atoms with Crippen LogP contribution in [0.15, 0.2) is 42.6 Å². The number of nitrogens with zero attached hydrogens (tertiary/aromatic N) is 2. The van der Waals surface area contributed by atoms with Crippen LogP contribution in [0.5, 0.6) is 0 Å². The van der Waals surface area contributed by atoms with Crippen LogP contribution in [0.1, 0.15) is 15.9 Å². The summed E-state index contributed by atoms with van der Waals surface area (Å²) in [6, 6.07) is 10.8. The van der Waals surface area contributed by atoms with E-state index in [0.717, 1.165) is 11.3 Å². The Balaban J connectivity index is 2.45.